The fourth-order valence-corrected chi connectivity index (χ4v) is 1.51. The third-order valence-electron chi connectivity index (χ3n) is 2.48. The van der Waals surface area contributed by atoms with Crippen molar-refractivity contribution in [3.63, 3.8) is 0 Å². The average Bonchev–Trinajstić information content (AvgIpc) is 2.33. The quantitative estimate of drug-likeness (QED) is 0.624. The van der Waals surface area contributed by atoms with Gasteiger partial charge in [-0.25, -0.2) is 0 Å². The zero-order valence-corrected chi connectivity index (χ0v) is 7.36. The van der Waals surface area contributed by atoms with Gasteiger partial charge < -0.3 is 5.32 Å². The third-order valence-corrected chi connectivity index (χ3v) is 2.48. The van der Waals surface area contributed by atoms with Crippen molar-refractivity contribution in [2.45, 2.75) is 19.8 Å². The Morgan fingerprint density at radius 3 is 2.82 bits per heavy atom. The molecule has 0 radical (unpaired) electrons. The van der Waals surface area contributed by atoms with Crippen LogP contribution in [-0.4, -0.2) is 31.8 Å². The first-order valence-electron chi connectivity index (χ1n) is 4.20. The van der Waals surface area contributed by atoms with Crippen molar-refractivity contribution in [1.29, 1.82) is 0 Å². The van der Waals surface area contributed by atoms with E-state index in [1.165, 1.54) is 13.5 Å². The number of halogens is 1. The fourth-order valence-electron chi connectivity index (χ4n) is 1.51. The molecule has 1 unspecified atom stereocenters. The Morgan fingerprint density at radius 2 is 2.36 bits per heavy atom. The highest BCUT2D eigenvalue weighted by atomic mass is 19.2. The van der Waals surface area contributed by atoms with Gasteiger partial charge in [-0.15, -0.1) is 9.60 Å². The molecule has 0 bridgehead atoms. The van der Waals surface area contributed by atoms with Gasteiger partial charge in [0.25, 0.3) is 0 Å². The maximum Gasteiger partial charge on any atom is 0.0292 e. The van der Waals surface area contributed by atoms with Crippen LogP contribution in [0.4, 0.5) is 4.48 Å². The molecular formula is C8H17FN2. The van der Waals surface area contributed by atoms with Crippen molar-refractivity contribution in [2.75, 3.05) is 26.7 Å². The summed E-state index contributed by atoms with van der Waals surface area (Å²) in [5.74, 6) is 0. The first kappa shape index (κ1) is 8.94. The van der Waals surface area contributed by atoms with E-state index in [1.54, 1.807) is 0 Å². The molecule has 1 saturated heterocycles. The lowest BCUT2D eigenvalue weighted by atomic mass is 9.86. The minimum Gasteiger partial charge on any atom is -0.316 e. The van der Waals surface area contributed by atoms with Gasteiger partial charge in [0.1, 0.15) is 0 Å². The van der Waals surface area contributed by atoms with Crippen molar-refractivity contribution in [2.24, 2.45) is 5.41 Å². The molecule has 2 nitrogen and oxygen atoms in total. The number of nitrogens with zero attached hydrogens (tertiary/aromatic N) is 1. The van der Waals surface area contributed by atoms with E-state index in [1.807, 2.05) is 0 Å². The molecule has 11 heavy (non-hydrogen) atoms. The van der Waals surface area contributed by atoms with Gasteiger partial charge in [-0.05, 0) is 24.8 Å². The molecular weight excluding hydrogens is 143 g/mol. The molecule has 0 spiro atoms. The van der Waals surface area contributed by atoms with Crippen LogP contribution in [0.15, 0.2) is 0 Å². The van der Waals surface area contributed by atoms with Crippen LogP contribution in [0.25, 0.3) is 0 Å². The number of hydrogen-bond donors (Lipinski definition) is 1. The molecule has 0 amide bonds. The molecule has 1 fully saturated rings. The molecule has 1 aliphatic heterocycles. The Bertz CT molecular complexity index is 119. The highest BCUT2D eigenvalue weighted by molar-refractivity contribution is 4.83. The summed E-state index contributed by atoms with van der Waals surface area (Å²) in [7, 11) is 1.48. The first-order chi connectivity index (χ1) is 5.12. The summed E-state index contributed by atoms with van der Waals surface area (Å²) in [6.07, 6.45) is 2.13. The predicted molar refractivity (Wildman–Crippen MR) is 43.9 cm³/mol. The van der Waals surface area contributed by atoms with Gasteiger partial charge in [0, 0.05) is 20.1 Å². The van der Waals surface area contributed by atoms with E-state index in [9.17, 15) is 4.48 Å². The Kier molecular flexibility index (Phi) is 2.84. The van der Waals surface area contributed by atoms with Crippen LogP contribution in [0.2, 0.25) is 0 Å². The highest BCUT2D eigenvalue weighted by Crippen LogP contribution is 2.28. The first-order valence-corrected chi connectivity index (χ1v) is 4.20. The Hall–Kier alpha value is -0.150. The molecule has 1 atom stereocenters. The van der Waals surface area contributed by atoms with E-state index in [0.29, 0.717) is 12.0 Å². The van der Waals surface area contributed by atoms with E-state index in [2.05, 4.69) is 12.2 Å². The molecule has 3 heteroatoms. The van der Waals surface area contributed by atoms with Gasteiger partial charge in [0.05, 0.1) is 0 Å². The SMILES string of the molecule is CN(F)CCC1(C)CCNC1. The topological polar surface area (TPSA) is 15.3 Å². The summed E-state index contributed by atoms with van der Waals surface area (Å²) in [5, 5.41) is 4.06. The summed E-state index contributed by atoms with van der Waals surface area (Å²) >= 11 is 0. The second-order valence-corrected chi connectivity index (χ2v) is 3.82. The minimum absolute atomic E-state index is 0.334. The van der Waals surface area contributed by atoms with E-state index in [-0.39, 0.29) is 0 Å². The maximum atomic E-state index is 12.3. The van der Waals surface area contributed by atoms with Crippen molar-refractivity contribution in [1.82, 2.24) is 10.4 Å². The minimum atomic E-state index is 0.334. The van der Waals surface area contributed by atoms with E-state index < -0.39 is 0 Å². The average molecular weight is 160 g/mol. The monoisotopic (exact) mass is 160 g/mol. The predicted octanol–water partition coefficient (Wildman–Crippen LogP) is 1.19. The highest BCUT2D eigenvalue weighted by Gasteiger charge is 2.28. The maximum absolute atomic E-state index is 12.3. The van der Waals surface area contributed by atoms with Gasteiger partial charge in [0.2, 0.25) is 0 Å². The lowest BCUT2D eigenvalue weighted by Gasteiger charge is -2.22. The van der Waals surface area contributed by atoms with Crippen molar-refractivity contribution in [3.05, 3.63) is 0 Å². The molecule has 0 saturated carbocycles. The standard InChI is InChI=1S/C8H17FN2/c1-8(3-5-10-7-8)4-6-11(2)9/h10H,3-7H2,1-2H3. The van der Waals surface area contributed by atoms with Crippen LogP contribution < -0.4 is 5.32 Å². The van der Waals surface area contributed by atoms with Gasteiger partial charge in [-0.2, -0.15) is 0 Å². The van der Waals surface area contributed by atoms with Gasteiger partial charge >= 0.3 is 0 Å². The zero-order valence-electron chi connectivity index (χ0n) is 7.36. The van der Waals surface area contributed by atoms with Gasteiger partial charge in [0.15, 0.2) is 0 Å². The smallest absolute Gasteiger partial charge is 0.0292 e. The van der Waals surface area contributed by atoms with Crippen LogP contribution in [0.1, 0.15) is 19.8 Å². The van der Waals surface area contributed by atoms with E-state index in [4.69, 9.17) is 0 Å². The lowest BCUT2D eigenvalue weighted by Crippen LogP contribution is -2.24. The Morgan fingerprint density at radius 1 is 1.64 bits per heavy atom. The van der Waals surface area contributed by atoms with E-state index >= 15 is 0 Å². The Balaban J connectivity index is 2.23. The van der Waals surface area contributed by atoms with Gasteiger partial charge in [-0.3, -0.25) is 0 Å². The number of nitrogens with one attached hydrogen (secondary N) is 1. The number of hydrogen-bond acceptors (Lipinski definition) is 2. The van der Waals surface area contributed by atoms with Crippen LogP contribution in [0.5, 0.6) is 0 Å². The normalized spacial score (nSPS) is 31.6. The molecule has 0 aromatic carbocycles. The molecule has 66 valence electrons. The largest absolute Gasteiger partial charge is 0.316 e. The molecule has 0 aromatic heterocycles. The summed E-state index contributed by atoms with van der Waals surface area (Å²) in [6, 6.07) is 0. The molecule has 0 aliphatic carbocycles. The van der Waals surface area contributed by atoms with Crippen molar-refractivity contribution >= 4 is 0 Å². The van der Waals surface area contributed by atoms with Crippen molar-refractivity contribution < 1.29 is 4.48 Å². The summed E-state index contributed by atoms with van der Waals surface area (Å²) in [5.41, 5.74) is 0.334. The van der Waals surface area contributed by atoms with Gasteiger partial charge in [-0.1, -0.05) is 6.92 Å². The van der Waals surface area contributed by atoms with Crippen molar-refractivity contribution in [3.8, 4) is 0 Å². The number of rotatable bonds is 3. The molecule has 1 aliphatic rings. The molecule has 1 heterocycles. The third kappa shape index (κ3) is 2.75. The van der Waals surface area contributed by atoms with Crippen LogP contribution in [0.3, 0.4) is 0 Å². The summed E-state index contributed by atoms with van der Waals surface area (Å²) < 4.78 is 12.3. The van der Waals surface area contributed by atoms with Crippen LogP contribution in [-0.2, 0) is 0 Å². The molecule has 1 N–H and O–H groups in total. The second kappa shape index (κ2) is 3.50. The van der Waals surface area contributed by atoms with Crippen LogP contribution >= 0.6 is 0 Å². The lowest BCUT2D eigenvalue weighted by molar-refractivity contribution is 0.0456. The fraction of sp³-hybridized carbons (Fsp3) is 1.00. The second-order valence-electron chi connectivity index (χ2n) is 3.82. The van der Waals surface area contributed by atoms with Crippen LogP contribution in [0, 0.1) is 5.41 Å². The summed E-state index contributed by atoms with van der Waals surface area (Å²) in [6.45, 7) is 4.90. The molecule has 1 rings (SSSR count). The Labute approximate surface area is 67.7 Å². The zero-order chi connectivity index (χ0) is 8.32. The van der Waals surface area contributed by atoms with E-state index in [0.717, 1.165) is 24.6 Å². The molecule has 0 aromatic rings. The summed E-state index contributed by atoms with van der Waals surface area (Å²) in [4.78, 5) is 0.